The van der Waals surface area contributed by atoms with Crippen molar-refractivity contribution in [1.29, 1.82) is 0 Å². The SMILES string of the molecule is CSc1ccc(C(=O)Cl)c2oc(C(C)(C)C)nc12. The van der Waals surface area contributed by atoms with Gasteiger partial charge in [0.1, 0.15) is 5.52 Å². The van der Waals surface area contributed by atoms with Gasteiger partial charge in [0.2, 0.25) is 5.89 Å². The number of halogens is 1. The number of hydrogen-bond acceptors (Lipinski definition) is 4. The molecule has 5 heteroatoms. The molecule has 0 atom stereocenters. The Balaban J connectivity index is 2.78. The van der Waals surface area contributed by atoms with Gasteiger partial charge in [-0.15, -0.1) is 11.8 Å². The largest absolute Gasteiger partial charge is 0.439 e. The van der Waals surface area contributed by atoms with E-state index in [1.54, 1.807) is 17.8 Å². The molecule has 0 unspecified atom stereocenters. The molecule has 0 fully saturated rings. The lowest BCUT2D eigenvalue weighted by atomic mass is 9.97. The third-order valence-electron chi connectivity index (χ3n) is 2.58. The molecule has 18 heavy (non-hydrogen) atoms. The van der Waals surface area contributed by atoms with Crippen molar-refractivity contribution in [2.24, 2.45) is 0 Å². The van der Waals surface area contributed by atoms with Crippen molar-refractivity contribution in [3.05, 3.63) is 23.6 Å². The second-order valence-corrected chi connectivity index (χ2v) is 6.23. The fourth-order valence-corrected chi connectivity index (χ4v) is 2.31. The van der Waals surface area contributed by atoms with Crippen molar-refractivity contribution in [2.75, 3.05) is 6.26 Å². The summed E-state index contributed by atoms with van der Waals surface area (Å²) >= 11 is 7.13. The van der Waals surface area contributed by atoms with E-state index in [1.165, 1.54) is 0 Å². The Bertz CT molecular complexity index is 613. The van der Waals surface area contributed by atoms with Gasteiger partial charge < -0.3 is 4.42 Å². The van der Waals surface area contributed by atoms with Crippen LogP contribution in [0.2, 0.25) is 0 Å². The lowest BCUT2D eigenvalue weighted by Crippen LogP contribution is -2.11. The molecule has 0 aliphatic heterocycles. The molecular formula is C13H14ClNO2S. The highest BCUT2D eigenvalue weighted by Crippen LogP contribution is 2.33. The molecule has 96 valence electrons. The molecule has 1 heterocycles. The molecule has 0 bridgehead atoms. The van der Waals surface area contributed by atoms with E-state index in [1.807, 2.05) is 33.1 Å². The number of hydrogen-bond donors (Lipinski definition) is 0. The third-order valence-corrected chi connectivity index (χ3v) is 3.55. The fraction of sp³-hybridized carbons (Fsp3) is 0.385. The van der Waals surface area contributed by atoms with Gasteiger partial charge in [0.25, 0.3) is 5.24 Å². The van der Waals surface area contributed by atoms with Crippen molar-refractivity contribution >= 4 is 39.7 Å². The van der Waals surface area contributed by atoms with E-state index >= 15 is 0 Å². The van der Waals surface area contributed by atoms with Gasteiger partial charge in [0.15, 0.2) is 5.58 Å². The number of carbonyl (C=O) groups excluding carboxylic acids is 1. The van der Waals surface area contributed by atoms with Crippen LogP contribution in [0, 0.1) is 0 Å². The fourth-order valence-electron chi connectivity index (χ4n) is 1.62. The van der Waals surface area contributed by atoms with E-state index in [2.05, 4.69) is 4.98 Å². The lowest BCUT2D eigenvalue weighted by Gasteiger charge is -2.11. The molecule has 1 aromatic heterocycles. The summed E-state index contributed by atoms with van der Waals surface area (Å²) in [7, 11) is 0. The number of thioether (sulfide) groups is 1. The smallest absolute Gasteiger partial charge is 0.256 e. The van der Waals surface area contributed by atoms with E-state index in [9.17, 15) is 4.79 Å². The van der Waals surface area contributed by atoms with E-state index in [4.69, 9.17) is 16.0 Å². The van der Waals surface area contributed by atoms with Crippen LogP contribution < -0.4 is 0 Å². The number of nitrogens with zero attached hydrogens (tertiary/aromatic N) is 1. The molecule has 0 spiro atoms. The van der Waals surface area contributed by atoms with E-state index in [0.717, 1.165) is 4.90 Å². The maximum Gasteiger partial charge on any atom is 0.256 e. The second-order valence-electron chi connectivity index (χ2n) is 5.04. The highest BCUT2D eigenvalue weighted by molar-refractivity contribution is 7.98. The minimum atomic E-state index is -0.524. The standard InChI is InChI=1S/C13H14ClNO2S/c1-13(2,3)12-15-9-8(18-4)6-5-7(11(14)16)10(9)17-12/h5-6H,1-4H3. The number of aromatic nitrogens is 1. The number of oxazole rings is 1. The maximum absolute atomic E-state index is 11.4. The molecule has 2 rings (SSSR count). The van der Waals surface area contributed by atoms with Crippen LogP contribution in [0.15, 0.2) is 21.4 Å². The Morgan fingerprint density at radius 1 is 1.39 bits per heavy atom. The van der Waals surface area contributed by atoms with Crippen LogP contribution in [0.3, 0.4) is 0 Å². The van der Waals surface area contributed by atoms with E-state index in [0.29, 0.717) is 22.6 Å². The zero-order valence-electron chi connectivity index (χ0n) is 10.7. The predicted molar refractivity (Wildman–Crippen MR) is 74.7 cm³/mol. The third kappa shape index (κ3) is 2.27. The van der Waals surface area contributed by atoms with Crippen molar-refractivity contribution in [2.45, 2.75) is 31.1 Å². The monoisotopic (exact) mass is 283 g/mol. The first-order valence-corrected chi connectivity index (χ1v) is 7.12. The molecule has 0 aliphatic carbocycles. The first-order chi connectivity index (χ1) is 8.34. The Morgan fingerprint density at radius 3 is 2.56 bits per heavy atom. The summed E-state index contributed by atoms with van der Waals surface area (Å²) in [6, 6.07) is 3.53. The maximum atomic E-state index is 11.4. The molecule has 0 N–H and O–H groups in total. The quantitative estimate of drug-likeness (QED) is 0.611. The van der Waals surface area contributed by atoms with Crippen LogP contribution in [0.5, 0.6) is 0 Å². The molecule has 1 aromatic carbocycles. The summed E-state index contributed by atoms with van der Waals surface area (Å²) in [5.74, 6) is 0.609. The summed E-state index contributed by atoms with van der Waals surface area (Å²) < 4.78 is 5.74. The summed E-state index contributed by atoms with van der Waals surface area (Å²) in [5, 5.41) is -0.524. The van der Waals surface area contributed by atoms with Gasteiger partial charge in [0.05, 0.1) is 5.56 Å². The van der Waals surface area contributed by atoms with Gasteiger partial charge in [0, 0.05) is 10.3 Å². The number of benzene rings is 1. The summed E-state index contributed by atoms with van der Waals surface area (Å²) in [6.07, 6.45) is 1.96. The van der Waals surface area contributed by atoms with Crippen LogP contribution in [-0.2, 0) is 5.41 Å². The van der Waals surface area contributed by atoms with Crippen molar-refractivity contribution in [3.63, 3.8) is 0 Å². The van der Waals surface area contributed by atoms with Gasteiger partial charge in [-0.2, -0.15) is 0 Å². The summed E-state index contributed by atoms with van der Waals surface area (Å²) in [5.41, 5.74) is 1.35. The second kappa shape index (κ2) is 4.59. The zero-order chi connectivity index (χ0) is 13.5. The van der Waals surface area contributed by atoms with Crippen molar-refractivity contribution in [1.82, 2.24) is 4.98 Å². The minimum Gasteiger partial charge on any atom is -0.439 e. The number of fused-ring (bicyclic) bond motifs is 1. The Hall–Kier alpha value is -1.00. The molecule has 0 radical (unpaired) electrons. The average Bonchev–Trinajstić information content (AvgIpc) is 2.71. The van der Waals surface area contributed by atoms with Crippen LogP contribution in [0.4, 0.5) is 0 Å². The molecule has 3 nitrogen and oxygen atoms in total. The van der Waals surface area contributed by atoms with Gasteiger partial charge in [-0.3, -0.25) is 4.79 Å². The number of rotatable bonds is 2. The van der Waals surface area contributed by atoms with Gasteiger partial charge in [-0.25, -0.2) is 4.98 Å². The van der Waals surface area contributed by atoms with Crippen molar-refractivity contribution < 1.29 is 9.21 Å². The predicted octanol–water partition coefficient (Wildman–Crippen LogP) is 4.23. The Labute approximate surface area is 115 Å². The molecule has 0 saturated carbocycles. The first-order valence-electron chi connectivity index (χ1n) is 5.52. The van der Waals surface area contributed by atoms with Crippen LogP contribution in [0.25, 0.3) is 11.1 Å². The topological polar surface area (TPSA) is 43.1 Å². The lowest BCUT2D eigenvalue weighted by molar-refractivity contribution is 0.108. The highest BCUT2D eigenvalue weighted by atomic mass is 35.5. The first kappa shape index (κ1) is 13.4. The minimum absolute atomic E-state index is 0.207. The molecule has 2 aromatic rings. The summed E-state index contributed by atoms with van der Waals surface area (Å²) in [6.45, 7) is 6.04. The van der Waals surface area contributed by atoms with Gasteiger partial charge in [-0.1, -0.05) is 20.8 Å². The van der Waals surface area contributed by atoms with Crippen LogP contribution in [0.1, 0.15) is 37.0 Å². The number of carbonyl (C=O) groups is 1. The van der Waals surface area contributed by atoms with E-state index < -0.39 is 5.24 Å². The Kier molecular flexibility index (Phi) is 3.43. The van der Waals surface area contributed by atoms with Crippen LogP contribution >= 0.6 is 23.4 Å². The van der Waals surface area contributed by atoms with Crippen LogP contribution in [-0.4, -0.2) is 16.5 Å². The van der Waals surface area contributed by atoms with Gasteiger partial charge >= 0.3 is 0 Å². The highest BCUT2D eigenvalue weighted by Gasteiger charge is 2.24. The molecule has 0 saturated heterocycles. The summed E-state index contributed by atoms with van der Waals surface area (Å²) in [4.78, 5) is 16.9. The zero-order valence-corrected chi connectivity index (χ0v) is 12.3. The molecule has 0 aliphatic rings. The van der Waals surface area contributed by atoms with Gasteiger partial charge in [-0.05, 0) is 30.0 Å². The Morgan fingerprint density at radius 2 is 2.06 bits per heavy atom. The normalized spacial score (nSPS) is 12.1. The van der Waals surface area contributed by atoms with Crippen molar-refractivity contribution in [3.8, 4) is 0 Å². The van der Waals surface area contributed by atoms with E-state index in [-0.39, 0.29) is 5.41 Å². The average molecular weight is 284 g/mol. The molecular weight excluding hydrogens is 270 g/mol. The molecule has 0 amide bonds.